The molecule has 2 heteroatoms. The summed E-state index contributed by atoms with van der Waals surface area (Å²) in [6.07, 6.45) is 2.25. The first-order valence-electron chi connectivity index (χ1n) is 2.83. The van der Waals surface area contributed by atoms with Crippen molar-refractivity contribution in [3.05, 3.63) is 11.6 Å². The Morgan fingerprint density at radius 3 is 2.62 bits per heavy atom. The lowest BCUT2D eigenvalue weighted by Crippen LogP contribution is -2.33. The zero-order valence-corrected chi connectivity index (χ0v) is 5.39. The van der Waals surface area contributed by atoms with Gasteiger partial charge in [0.2, 0.25) is 0 Å². The second-order valence-corrected chi connectivity index (χ2v) is 2.42. The monoisotopic (exact) mass is 112 g/mol. The van der Waals surface area contributed by atoms with Gasteiger partial charge in [-0.3, -0.25) is 4.90 Å². The molecule has 2 N–H and O–H groups in total. The number of nitrogens with two attached hydrogens (primary N) is 1. The van der Waals surface area contributed by atoms with Gasteiger partial charge in [0.05, 0.1) is 6.17 Å². The second kappa shape index (κ2) is 1.88. The van der Waals surface area contributed by atoms with Crippen LogP contribution in [0.3, 0.4) is 0 Å². The van der Waals surface area contributed by atoms with Crippen molar-refractivity contribution in [1.82, 2.24) is 4.90 Å². The van der Waals surface area contributed by atoms with Gasteiger partial charge in [-0.1, -0.05) is 11.6 Å². The van der Waals surface area contributed by atoms with Crippen molar-refractivity contribution in [2.24, 2.45) is 5.73 Å². The van der Waals surface area contributed by atoms with E-state index in [1.54, 1.807) is 0 Å². The minimum atomic E-state index is 0.162. The van der Waals surface area contributed by atoms with Gasteiger partial charge in [-0.15, -0.1) is 0 Å². The van der Waals surface area contributed by atoms with Gasteiger partial charge in [0.1, 0.15) is 0 Å². The van der Waals surface area contributed by atoms with Crippen molar-refractivity contribution in [3.63, 3.8) is 0 Å². The summed E-state index contributed by atoms with van der Waals surface area (Å²) in [7, 11) is 2.03. The zero-order valence-electron chi connectivity index (χ0n) is 5.39. The van der Waals surface area contributed by atoms with Crippen LogP contribution in [0.2, 0.25) is 0 Å². The maximum Gasteiger partial charge on any atom is 0.0767 e. The summed E-state index contributed by atoms with van der Waals surface area (Å²) in [5, 5.41) is 0. The molecule has 0 spiro atoms. The van der Waals surface area contributed by atoms with Crippen LogP contribution in [0.4, 0.5) is 0 Å². The number of rotatable bonds is 0. The van der Waals surface area contributed by atoms with E-state index in [-0.39, 0.29) is 6.17 Å². The Hall–Kier alpha value is -0.340. The highest BCUT2D eigenvalue weighted by atomic mass is 15.2. The van der Waals surface area contributed by atoms with Crippen LogP contribution < -0.4 is 5.73 Å². The molecule has 0 fully saturated rings. The Kier molecular flexibility index (Phi) is 1.36. The van der Waals surface area contributed by atoms with Gasteiger partial charge in [-0.05, 0) is 14.0 Å². The molecular formula is C6H12N2. The SMILES string of the molecule is CC1=CC(N)N(C)C1. The lowest BCUT2D eigenvalue weighted by atomic mass is 10.3. The Balaban J connectivity index is 2.56. The van der Waals surface area contributed by atoms with Gasteiger partial charge in [-0.2, -0.15) is 0 Å². The highest BCUT2D eigenvalue weighted by molar-refractivity contribution is 5.11. The van der Waals surface area contributed by atoms with E-state index in [9.17, 15) is 0 Å². The van der Waals surface area contributed by atoms with E-state index in [0.29, 0.717) is 0 Å². The fourth-order valence-corrected chi connectivity index (χ4v) is 0.970. The fraction of sp³-hybridized carbons (Fsp3) is 0.667. The highest BCUT2D eigenvalue weighted by Crippen LogP contribution is 2.07. The van der Waals surface area contributed by atoms with Gasteiger partial charge in [0.15, 0.2) is 0 Å². The summed E-state index contributed by atoms with van der Waals surface area (Å²) >= 11 is 0. The first kappa shape index (κ1) is 5.79. The lowest BCUT2D eigenvalue weighted by Gasteiger charge is -2.12. The smallest absolute Gasteiger partial charge is 0.0767 e. The molecular weight excluding hydrogens is 100 g/mol. The maximum atomic E-state index is 5.62. The topological polar surface area (TPSA) is 29.3 Å². The molecule has 1 aliphatic heterocycles. The minimum absolute atomic E-state index is 0.162. The fourth-order valence-electron chi connectivity index (χ4n) is 0.970. The number of nitrogens with zero attached hydrogens (tertiary/aromatic N) is 1. The van der Waals surface area contributed by atoms with E-state index in [1.807, 2.05) is 7.05 Å². The van der Waals surface area contributed by atoms with Crippen LogP contribution in [0.15, 0.2) is 11.6 Å². The molecule has 1 atom stereocenters. The molecule has 0 aliphatic carbocycles. The molecule has 8 heavy (non-hydrogen) atoms. The molecule has 0 radical (unpaired) electrons. The summed E-state index contributed by atoms with van der Waals surface area (Å²) < 4.78 is 0. The molecule has 0 aromatic carbocycles. The van der Waals surface area contributed by atoms with Crippen molar-refractivity contribution in [3.8, 4) is 0 Å². The number of hydrogen-bond donors (Lipinski definition) is 1. The first-order valence-corrected chi connectivity index (χ1v) is 2.83. The molecule has 0 aromatic heterocycles. The van der Waals surface area contributed by atoms with E-state index in [4.69, 9.17) is 5.73 Å². The van der Waals surface area contributed by atoms with E-state index in [0.717, 1.165) is 6.54 Å². The van der Waals surface area contributed by atoms with E-state index in [1.165, 1.54) is 5.57 Å². The predicted molar refractivity (Wildman–Crippen MR) is 34.4 cm³/mol. The molecule has 1 unspecified atom stereocenters. The largest absolute Gasteiger partial charge is 0.312 e. The lowest BCUT2D eigenvalue weighted by molar-refractivity contribution is 0.337. The van der Waals surface area contributed by atoms with Crippen LogP contribution in [0.1, 0.15) is 6.92 Å². The molecule has 1 heterocycles. The van der Waals surface area contributed by atoms with Crippen LogP contribution >= 0.6 is 0 Å². The number of hydrogen-bond acceptors (Lipinski definition) is 2. The summed E-state index contributed by atoms with van der Waals surface area (Å²) in [6, 6.07) is 0. The predicted octanol–water partition coefficient (Wildman–Crippen LogP) is 0.163. The summed E-state index contributed by atoms with van der Waals surface area (Å²) in [6.45, 7) is 3.13. The molecule has 1 aliphatic rings. The Morgan fingerprint density at radius 1 is 1.88 bits per heavy atom. The Morgan fingerprint density at radius 2 is 2.50 bits per heavy atom. The van der Waals surface area contributed by atoms with Crippen LogP contribution in [0.5, 0.6) is 0 Å². The highest BCUT2D eigenvalue weighted by Gasteiger charge is 2.13. The molecule has 46 valence electrons. The molecule has 0 bridgehead atoms. The summed E-state index contributed by atoms with van der Waals surface area (Å²) in [5.74, 6) is 0. The summed E-state index contributed by atoms with van der Waals surface area (Å²) in [5.41, 5.74) is 6.99. The van der Waals surface area contributed by atoms with E-state index >= 15 is 0 Å². The first-order chi connectivity index (χ1) is 3.70. The van der Waals surface area contributed by atoms with Crippen LogP contribution in [0, 0.1) is 0 Å². The second-order valence-electron chi connectivity index (χ2n) is 2.42. The van der Waals surface area contributed by atoms with Crippen LogP contribution in [-0.4, -0.2) is 24.7 Å². The van der Waals surface area contributed by atoms with Crippen LogP contribution in [0.25, 0.3) is 0 Å². The zero-order chi connectivity index (χ0) is 6.15. The standard InChI is InChI=1S/C6H12N2/c1-5-3-6(7)8(2)4-5/h3,6H,4,7H2,1-2H3. The quantitative estimate of drug-likeness (QED) is 0.452. The van der Waals surface area contributed by atoms with Gasteiger partial charge >= 0.3 is 0 Å². The average molecular weight is 112 g/mol. The van der Waals surface area contributed by atoms with Gasteiger partial charge < -0.3 is 5.73 Å². The van der Waals surface area contributed by atoms with E-state index in [2.05, 4.69) is 17.9 Å². The Bertz CT molecular complexity index is 118. The third-order valence-electron chi connectivity index (χ3n) is 1.46. The third kappa shape index (κ3) is 0.904. The van der Waals surface area contributed by atoms with Crippen molar-refractivity contribution < 1.29 is 0 Å². The minimum Gasteiger partial charge on any atom is -0.312 e. The van der Waals surface area contributed by atoms with Gasteiger partial charge in [0, 0.05) is 6.54 Å². The molecule has 0 saturated heterocycles. The van der Waals surface area contributed by atoms with E-state index < -0.39 is 0 Å². The maximum absolute atomic E-state index is 5.62. The average Bonchev–Trinajstić information content (AvgIpc) is 1.85. The molecule has 1 rings (SSSR count). The summed E-state index contributed by atoms with van der Waals surface area (Å²) in [4.78, 5) is 2.11. The number of likely N-dealkylation sites (N-methyl/N-ethyl adjacent to an activating group) is 1. The van der Waals surface area contributed by atoms with Crippen molar-refractivity contribution in [2.75, 3.05) is 13.6 Å². The normalized spacial score (nSPS) is 30.9. The molecule has 2 nitrogen and oxygen atoms in total. The van der Waals surface area contributed by atoms with Gasteiger partial charge in [-0.25, -0.2) is 0 Å². The Labute approximate surface area is 50.0 Å². The molecule has 0 amide bonds. The van der Waals surface area contributed by atoms with Crippen molar-refractivity contribution in [2.45, 2.75) is 13.1 Å². The van der Waals surface area contributed by atoms with Crippen molar-refractivity contribution in [1.29, 1.82) is 0 Å². The van der Waals surface area contributed by atoms with Crippen LogP contribution in [-0.2, 0) is 0 Å². The molecule has 0 saturated carbocycles. The van der Waals surface area contributed by atoms with Gasteiger partial charge in [0.25, 0.3) is 0 Å². The molecule has 0 aromatic rings. The third-order valence-corrected chi connectivity index (χ3v) is 1.46. The van der Waals surface area contributed by atoms with Crippen molar-refractivity contribution >= 4 is 0 Å².